The van der Waals surface area contributed by atoms with Gasteiger partial charge in [0, 0.05) is 27.9 Å². The molecule has 7 heteroatoms. The maximum absolute atomic E-state index is 13.3. The van der Waals surface area contributed by atoms with Gasteiger partial charge < -0.3 is 10.6 Å². The maximum Gasteiger partial charge on any atom is 0.255 e. The van der Waals surface area contributed by atoms with E-state index < -0.39 is 5.82 Å². The highest BCUT2D eigenvalue weighted by atomic mass is 32.1. The number of nitrogens with one attached hydrogen (secondary N) is 2. The fourth-order valence-electron chi connectivity index (χ4n) is 2.71. The van der Waals surface area contributed by atoms with Crippen molar-refractivity contribution in [3.05, 3.63) is 95.4 Å². The smallest absolute Gasteiger partial charge is 0.255 e. The number of hydrogen-bond donors (Lipinski definition) is 2. The maximum atomic E-state index is 13.3. The van der Waals surface area contributed by atoms with E-state index in [9.17, 15) is 13.6 Å². The van der Waals surface area contributed by atoms with Gasteiger partial charge in [0.1, 0.15) is 11.6 Å². The van der Waals surface area contributed by atoms with Crippen LogP contribution in [0, 0.1) is 11.6 Å². The molecule has 0 saturated heterocycles. The van der Waals surface area contributed by atoms with Crippen LogP contribution in [0.3, 0.4) is 0 Å². The van der Waals surface area contributed by atoms with Crippen LogP contribution in [0.2, 0.25) is 0 Å². The first-order chi connectivity index (χ1) is 14.1. The minimum atomic E-state index is -0.394. The van der Waals surface area contributed by atoms with Crippen LogP contribution in [0.4, 0.5) is 25.3 Å². The molecule has 3 aromatic carbocycles. The van der Waals surface area contributed by atoms with Gasteiger partial charge in [-0.2, -0.15) is 0 Å². The van der Waals surface area contributed by atoms with Crippen LogP contribution in [-0.2, 0) is 0 Å². The van der Waals surface area contributed by atoms with Crippen molar-refractivity contribution in [2.24, 2.45) is 0 Å². The molecule has 4 nitrogen and oxygen atoms in total. The summed E-state index contributed by atoms with van der Waals surface area (Å²) in [6.45, 7) is 0. The zero-order chi connectivity index (χ0) is 20.2. The van der Waals surface area contributed by atoms with Crippen molar-refractivity contribution in [1.82, 2.24) is 4.98 Å². The molecule has 144 valence electrons. The minimum absolute atomic E-state index is 0.323. The van der Waals surface area contributed by atoms with Crippen molar-refractivity contribution in [3.8, 4) is 11.3 Å². The third kappa shape index (κ3) is 4.64. The van der Waals surface area contributed by atoms with Gasteiger partial charge in [-0.15, -0.1) is 11.3 Å². The summed E-state index contributed by atoms with van der Waals surface area (Å²) in [5, 5.41) is 8.38. The number of anilines is 3. The lowest BCUT2D eigenvalue weighted by atomic mass is 10.1. The van der Waals surface area contributed by atoms with E-state index in [4.69, 9.17) is 0 Å². The molecule has 1 heterocycles. The summed E-state index contributed by atoms with van der Waals surface area (Å²) in [4.78, 5) is 16.8. The lowest BCUT2D eigenvalue weighted by Crippen LogP contribution is -2.11. The van der Waals surface area contributed by atoms with E-state index in [-0.39, 0.29) is 11.7 Å². The Morgan fingerprint density at radius 1 is 0.862 bits per heavy atom. The van der Waals surface area contributed by atoms with Crippen LogP contribution in [0.25, 0.3) is 11.3 Å². The number of carbonyl (C=O) groups excluding carboxylic acids is 1. The summed E-state index contributed by atoms with van der Waals surface area (Å²) >= 11 is 1.40. The third-order valence-corrected chi connectivity index (χ3v) is 4.86. The average Bonchev–Trinajstić information content (AvgIpc) is 3.17. The van der Waals surface area contributed by atoms with Gasteiger partial charge in [-0.3, -0.25) is 4.79 Å². The van der Waals surface area contributed by atoms with E-state index in [1.54, 1.807) is 18.2 Å². The van der Waals surface area contributed by atoms with Gasteiger partial charge in [0.25, 0.3) is 5.91 Å². The Morgan fingerprint density at radius 3 is 2.41 bits per heavy atom. The molecule has 0 fully saturated rings. The van der Waals surface area contributed by atoms with E-state index in [1.807, 2.05) is 23.6 Å². The van der Waals surface area contributed by atoms with Gasteiger partial charge in [-0.1, -0.05) is 18.2 Å². The van der Waals surface area contributed by atoms with Crippen LogP contribution >= 0.6 is 11.3 Å². The molecule has 1 aromatic heterocycles. The van der Waals surface area contributed by atoms with Gasteiger partial charge in [0.15, 0.2) is 5.13 Å². The number of nitrogens with zero attached hydrogens (tertiary/aromatic N) is 1. The molecule has 0 radical (unpaired) electrons. The number of carbonyl (C=O) groups is 1. The molecule has 1 amide bonds. The number of halogens is 2. The summed E-state index contributed by atoms with van der Waals surface area (Å²) in [5.41, 5.74) is 3.14. The van der Waals surface area contributed by atoms with Crippen molar-refractivity contribution in [1.29, 1.82) is 0 Å². The number of benzene rings is 3. The Labute approximate surface area is 169 Å². The molecule has 4 aromatic rings. The van der Waals surface area contributed by atoms with E-state index in [0.29, 0.717) is 22.1 Å². The number of thiazole rings is 1. The van der Waals surface area contributed by atoms with Crippen LogP contribution in [0.1, 0.15) is 10.4 Å². The molecule has 0 aliphatic rings. The molecule has 2 N–H and O–H groups in total. The highest BCUT2D eigenvalue weighted by molar-refractivity contribution is 7.14. The van der Waals surface area contributed by atoms with Crippen LogP contribution < -0.4 is 10.6 Å². The molecular weight excluding hydrogens is 392 g/mol. The summed E-state index contributed by atoms with van der Waals surface area (Å²) in [7, 11) is 0. The van der Waals surface area contributed by atoms with Gasteiger partial charge in [0.05, 0.1) is 5.69 Å². The Morgan fingerprint density at radius 2 is 1.62 bits per heavy atom. The van der Waals surface area contributed by atoms with Gasteiger partial charge in [0.2, 0.25) is 0 Å². The van der Waals surface area contributed by atoms with Crippen molar-refractivity contribution < 1.29 is 13.6 Å². The predicted molar refractivity (Wildman–Crippen MR) is 112 cm³/mol. The highest BCUT2D eigenvalue weighted by Gasteiger charge is 2.09. The Kier molecular flexibility index (Phi) is 5.31. The van der Waals surface area contributed by atoms with Gasteiger partial charge >= 0.3 is 0 Å². The fraction of sp³-hybridized carbons (Fsp3) is 0. The summed E-state index contributed by atoms with van der Waals surface area (Å²) in [6.07, 6.45) is 0. The second-order valence-electron chi connectivity index (χ2n) is 6.22. The monoisotopic (exact) mass is 407 g/mol. The first kappa shape index (κ1) is 18.8. The first-order valence-corrected chi connectivity index (χ1v) is 9.60. The molecule has 4 rings (SSSR count). The Hall–Kier alpha value is -3.58. The quantitative estimate of drug-likeness (QED) is 0.421. The molecule has 0 spiro atoms. The van der Waals surface area contributed by atoms with Crippen molar-refractivity contribution in [3.63, 3.8) is 0 Å². The van der Waals surface area contributed by atoms with E-state index in [0.717, 1.165) is 11.3 Å². The second kappa shape index (κ2) is 8.20. The van der Waals surface area contributed by atoms with Crippen molar-refractivity contribution in [2.75, 3.05) is 10.6 Å². The van der Waals surface area contributed by atoms with Crippen molar-refractivity contribution >= 4 is 33.8 Å². The molecule has 0 aliphatic heterocycles. The van der Waals surface area contributed by atoms with E-state index in [2.05, 4.69) is 15.6 Å². The van der Waals surface area contributed by atoms with Gasteiger partial charge in [-0.05, 0) is 54.6 Å². The number of rotatable bonds is 5. The lowest BCUT2D eigenvalue weighted by Gasteiger charge is -2.07. The molecule has 0 bridgehead atoms. The fourth-order valence-corrected chi connectivity index (χ4v) is 3.45. The number of aromatic nitrogens is 1. The molecular formula is C22H15F2N3OS. The zero-order valence-corrected chi connectivity index (χ0v) is 15.8. The second-order valence-corrected chi connectivity index (χ2v) is 7.07. The van der Waals surface area contributed by atoms with Crippen LogP contribution in [0.5, 0.6) is 0 Å². The van der Waals surface area contributed by atoms with Crippen molar-refractivity contribution in [2.45, 2.75) is 0 Å². The molecule has 0 saturated carbocycles. The topological polar surface area (TPSA) is 54.0 Å². The molecule has 0 aliphatic carbocycles. The van der Waals surface area contributed by atoms with Gasteiger partial charge in [-0.25, -0.2) is 13.8 Å². The summed E-state index contributed by atoms with van der Waals surface area (Å²) in [5.74, 6) is -1.04. The Bertz CT molecular complexity index is 1160. The van der Waals surface area contributed by atoms with Crippen LogP contribution in [-0.4, -0.2) is 10.9 Å². The molecule has 0 unspecified atom stereocenters. The molecule has 29 heavy (non-hydrogen) atoms. The number of hydrogen-bond acceptors (Lipinski definition) is 4. The van der Waals surface area contributed by atoms with Crippen LogP contribution in [0.15, 0.2) is 78.2 Å². The number of amides is 1. The standard InChI is InChI=1S/C22H15F2N3OS/c23-16-9-7-14(8-10-16)21(28)25-18-5-1-3-15(11-18)20-13-29-22(27-20)26-19-6-2-4-17(24)12-19/h1-13H,(H,25,28)(H,26,27). The normalized spacial score (nSPS) is 10.6. The summed E-state index contributed by atoms with van der Waals surface area (Å²) in [6, 6.07) is 18.8. The predicted octanol–water partition coefficient (Wildman–Crippen LogP) is 6.08. The average molecular weight is 407 g/mol. The highest BCUT2D eigenvalue weighted by Crippen LogP contribution is 2.29. The first-order valence-electron chi connectivity index (χ1n) is 8.72. The molecule has 0 atom stereocenters. The largest absolute Gasteiger partial charge is 0.331 e. The van der Waals surface area contributed by atoms with E-state index in [1.165, 1.54) is 47.7 Å². The minimum Gasteiger partial charge on any atom is -0.331 e. The summed E-state index contributed by atoms with van der Waals surface area (Å²) < 4.78 is 26.3. The lowest BCUT2D eigenvalue weighted by molar-refractivity contribution is 0.102. The SMILES string of the molecule is O=C(Nc1cccc(-c2csc(Nc3cccc(F)c3)n2)c1)c1ccc(F)cc1. The third-order valence-electron chi connectivity index (χ3n) is 4.10. The zero-order valence-electron chi connectivity index (χ0n) is 15.0. The van der Waals surface area contributed by atoms with E-state index >= 15 is 0 Å². The Balaban J connectivity index is 1.49.